The van der Waals surface area contributed by atoms with Crippen LogP contribution in [-0.4, -0.2) is 27.4 Å². The predicted molar refractivity (Wildman–Crippen MR) is 94.9 cm³/mol. The van der Waals surface area contributed by atoms with Crippen molar-refractivity contribution in [2.24, 2.45) is 0 Å². The molecule has 2 aromatic rings. The van der Waals surface area contributed by atoms with Crippen molar-refractivity contribution in [1.82, 2.24) is 15.1 Å². The maximum atomic E-state index is 12.7. The molecule has 130 valence electrons. The minimum absolute atomic E-state index is 0.0197. The van der Waals surface area contributed by atoms with E-state index in [9.17, 15) is 9.90 Å². The summed E-state index contributed by atoms with van der Waals surface area (Å²) in [5.74, 6) is -0.146. The molecule has 1 amide bonds. The van der Waals surface area contributed by atoms with E-state index in [-0.39, 0.29) is 18.6 Å². The highest BCUT2D eigenvalue weighted by Gasteiger charge is 2.21. The summed E-state index contributed by atoms with van der Waals surface area (Å²) in [5, 5.41) is 16.7. The second-order valence-electron chi connectivity index (χ2n) is 6.01. The highest BCUT2D eigenvalue weighted by Crippen LogP contribution is 2.21. The van der Waals surface area contributed by atoms with Crippen LogP contribution in [0.25, 0.3) is 0 Å². The molecule has 1 atom stereocenters. The summed E-state index contributed by atoms with van der Waals surface area (Å²) < 4.78 is 1.94. The van der Waals surface area contributed by atoms with Gasteiger partial charge in [-0.25, -0.2) is 0 Å². The Bertz CT molecular complexity index is 648. The summed E-state index contributed by atoms with van der Waals surface area (Å²) in [4.78, 5) is 12.7. The van der Waals surface area contributed by atoms with E-state index >= 15 is 0 Å². The average Bonchev–Trinajstić information content (AvgIpc) is 2.98. The lowest BCUT2D eigenvalue weighted by atomic mass is 10.0. The van der Waals surface area contributed by atoms with E-state index in [1.807, 2.05) is 41.9 Å². The number of aliphatic hydroxyl groups excluding tert-OH is 1. The Morgan fingerprint density at radius 1 is 1.25 bits per heavy atom. The molecule has 0 spiro atoms. The molecule has 0 saturated carbocycles. The van der Waals surface area contributed by atoms with E-state index in [0.717, 1.165) is 24.1 Å². The number of hydrogen-bond acceptors (Lipinski definition) is 3. The number of amides is 1. The number of rotatable bonds is 8. The van der Waals surface area contributed by atoms with E-state index in [1.165, 1.54) is 0 Å². The Hall–Kier alpha value is -2.14. The largest absolute Gasteiger partial charge is 0.396 e. The van der Waals surface area contributed by atoms with E-state index in [4.69, 9.17) is 0 Å². The topological polar surface area (TPSA) is 67.2 Å². The van der Waals surface area contributed by atoms with Crippen LogP contribution in [0.15, 0.2) is 36.5 Å². The number of nitrogens with one attached hydrogen (secondary N) is 1. The summed E-state index contributed by atoms with van der Waals surface area (Å²) in [7, 11) is 0. The Balaban J connectivity index is 2.19. The van der Waals surface area contributed by atoms with Gasteiger partial charge in [0.05, 0.1) is 23.8 Å². The maximum Gasteiger partial charge on any atom is 0.255 e. The van der Waals surface area contributed by atoms with Gasteiger partial charge in [0.25, 0.3) is 5.91 Å². The highest BCUT2D eigenvalue weighted by atomic mass is 16.3. The van der Waals surface area contributed by atoms with Crippen molar-refractivity contribution in [1.29, 1.82) is 0 Å². The number of carbonyl (C=O) groups is 1. The van der Waals surface area contributed by atoms with Gasteiger partial charge >= 0.3 is 0 Å². The second-order valence-corrected chi connectivity index (χ2v) is 6.01. The average molecular weight is 329 g/mol. The van der Waals surface area contributed by atoms with Crippen molar-refractivity contribution in [3.05, 3.63) is 53.3 Å². The van der Waals surface area contributed by atoms with Crippen molar-refractivity contribution in [3.8, 4) is 0 Å². The lowest BCUT2D eigenvalue weighted by Crippen LogP contribution is -2.29. The number of hydrogen-bond donors (Lipinski definition) is 2. The number of nitrogens with zero attached hydrogens (tertiary/aromatic N) is 2. The fourth-order valence-electron chi connectivity index (χ4n) is 3.02. The zero-order valence-electron chi connectivity index (χ0n) is 14.7. The normalized spacial score (nSPS) is 12.4. The lowest BCUT2D eigenvalue weighted by Gasteiger charge is -2.19. The molecular formula is C19H27N3O2. The van der Waals surface area contributed by atoms with Crippen molar-refractivity contribution >= 4 is 5.91 Å². The Kier molecular flexibility index (Phi) is 6.55. The van der Waals surface area contributed by atoms with Crippen LogP contribution in [0.5, 0.6) is 0 Å². The Labute approximate surface area is 143 Å². The SMILES string of the molecule is CCC(CC)n1ncc(C(=O)NC(CCO)c2ccccc2)c1C. The highest BCUT2D eigenvalue weighted by molar-refractivity contribution is 5.95. The van der Waals surface area contributed by atoms with Gasteiger partial charge in [0.1, 0.15) is 0 Å². The van der Waals surface area contributed by atoms with Crippen molar-refractivity contribution in [2.75, 3.05) is 6.61 Å². The molecule has 2 rings (SSSR count). The van der Waals surface area contributed by atoms with Gasteiger partial charge in [-0.3, -0.25) is 9.48 Å². The van der Waals surface area contributed by atoms with Gasteiger partial charge in [-0.2, -0.15) is 5.10 Å². The predicted octanol–water partition coefficient (Wildman–Crippen LogP) is 3.41. The van der Waals surface area contributed by atoms with Crippen LogP contribution in [0.1, 0.15) is 66.8 Å². The van der Waals surface area contributed by atoms with Gasteiger partial charge in [0.2, 0.25) is 0 Å². The number of carbonyl (C=O) groups excluding carboxylic acids is 1. The monoisotopic (exact) mass is 329 g/mol. The molecular weight excluding hydrogens is 302 g/mol. The molecule has 0 saturated heterocycles. The maximum absolute atomic E-state index is 12.7. The summed E-state index contributed by atoms with van der Waals surface area (Å²) in [5.41, 5.74) is 2.47. The zero-order chi connectivity index (χ0) is 17.5. The molecule has 0 aliphatic rings. The minimum Gasteiger partial charge on any atom is -0.396 e. The first kappa shape index (κ1) is 18.2. The van der Waals surface area contributed by atoms with Crippen molar-refractivity contribution in [2.45, 2.75) is 52.1 Å². The first-order chi connectivity index (χ1) is 11.6. The van der Waals surface area contributed by atoms with E-state index < -0.39 is 0 Å². The number of aliphatic hydroxyl groups is 1. The standard InChI is InChI=1S/C19H27N3O2/c1-4-16(5-2)22-14(3)17(13-20-22)19(24)21-18(11-12-23)15-9-7-6-8-10-15/h6-10,13,16,18,23H,4-5,11-12H2,1-3H3,(H,21,24). The van der Waals surface area contributed by atoms with Gasteiger partial charge in [-0.05, 0) is 31.7 Å². The number of benzene rings is 1. The zero-order valence-corrected chi connectivity index (χ0v) is 14.7. The van der Waals surface area contributed by atoms with E-state index in [0.29, 0.717) is 18.0 Å². The lowest BCUT2D eigenvalue weighted by molar-refractivity contribution is 0.0929. The molecule has 1 aromatic heterocycles. The third kappa shape index (κ3) is 4.03. The molecule has 1 aromatic carbocycles. The molecule has 0 aliphatic heterocycles. The molecule has 2 N–H and O–H groups in total. The van der Waals surface area contributed by atoms with Crippen LogP contribution in [0.4, 0.5) is 0 Å². The Morgan fingerprint density at radius 2 is 1.92 bits per heavy atom. The summed E-state index contributed by atoms with van der Waals surface area (Å²) in [6.07, 6.45) is 4.09. The fraction of sp³-hybridized carbons (Fsp3) is 0.474. The molecule has 0 fully saturated rings. The molecule has 24 heavy (non-hydrogen) atoms. The molecule has 1 heterocycles. The van der Waals surface area contributed by atoms with Gasteiger partial charge in [-0.15, -0.1) is 0 Å². The van der Waals surface area contributed by atoms with Crippen LogP contribution in [0.2, 0.25) is 0 Å². The van der Waals surface area contributed by atoms with Crippen molar-refractivity contribution in [3.63, 3.8) is 0 Å². The van der Waals surface area contributed by atoms with Gasteiger partial charge < -0.3 is 10.4 Å². The molecule has 5 heteroatoms. The fourth-order valence-corrected chi connectivity index (χ4v) is 3.02. The first-order valence-electron chi connectivity index (χ1n) is 8.63. The molecule has 1 unspecified atom stereocenters. The molecule has 5 nitrogen and oxygen atoms in total. The molecule has 0 bridgehead atoms. The quantitative estimate of drug-likeness (QED) is 0.780. The summed E-state index contributed by atoms with van der Waals surface area (Å²) in [6, 6.07) is 9.83. The summed E-state index contributed by atoms with van der Waals surface area (Å²) in [6.45, 7) is 6.21. The van der Waals surface area contributed by atoms with E-state index in [2.05, 4.69) is 24.3 Å². The summed E-state index contributed by atoms with van der Waals surface area (Å²) >= 11 is 0. The third-order valence-electron chi connectivity index (χ3n) is 4.50. The van der Waals surface area contributed by atoms with Crippen LogP contribution in [0.3, 0.4) is 0 Å². The molecule has 0 radical (unpaired) electrons. The van der Waals surface area contributed by atoms with E-state index in [1.54, 1.807) is 6.20 Å². The first-order valence-corrected chi connectivity index (χ1v) is 8.63. The van der Waals surface area contributed by atoms with Crippen LogP contribution in [-0.2, 0) is 0 Å². The van der Waals surface area contributed by atoms with Crippen LogP contribution in [0, 0.1) is 6.92 Å². The smallest absolute Gasteiger partial charge is 0.255 e. The Morgan fingerprint density at radius 3 is 2.50 bits per heavy atom. The van der Waals surface area contributed by atoms with Crippen LogP contribution < -0.4 is 5.32 Å². The van der Waals surface area contributed by atoms with Gasteiger partial charge in [0.15, 0.2) is 0 Å². The minimum atomic E-state index is -0.209. The van der Waals surface area contributed by atoms with Crippen molar-refractivity contribution < 1.29 is 9.90 Å². The molecule has 0 aliphatic carbocycles. The van der Waals surface area contributed by atoms with Gasteiger partial charge in [0, 0.05) is 12.3 Å². The number of aromatic nitrogens is 2. The van der Waals surface area contributed by atoms with Crippen LogP contribution >= 0.6 is 0 Å². The third-order valence-corrected chi connectivity index (χ3v) is 4.50. The second kappa shape index (κ2) is 8.64. The van der Waals surface area contributed by atoms with Gasteiger partial charge in [-0.1, -0.05) is 44.2 Å².